The van der Waals surface area contributed by atoms with Gasteiger partial charge in [0, 0.05) is 16.1 Å². The highest BCUT2D eigenvalue weighted by molar-refractivity contribution is 9.10. The van der Waals surface area contributed by atoms with Crippen molar-refractivity contribution in [2.75, 3.05) is 0 Å². The van der Waals surface area contributed by atoms with Crippen LogP contribution in [-0.2, 0) is 0 Å². The molecule has 0 aromatic heterocycles. The Labute approximate surface area is 132 Å². The van der Waals surface area contributed by atoms with Crippen molar-refractivity contribution in [1.29, 1.82) is 0 Å². The van der Waals surface area contributed by atoms with E-state index in [9.17, 15) is 5.11 Å². The van der Waals surface area contributed by atoms with E-state index in [4.69, 9.17) is 12.2 Å². The second-order valence-electron chi connectivity index (χ2n) is 4.88. The lowest BCUT2D eigenvalue weighted by Gasteiger charge is -2.23. The third-order valence-corrected chi connectivity index (χ3v) is 4.00. The van der Waals surface area contributed by atoms with E-state index in [1.165, 1.54) is 19.3 Å². The van der Waals surface area contributed by atoms with E-state index in [2.05, 4.69) is 31.8 Å². The van der Waals surface area contributed by atoms with E-state index in [1.807, 2.05) is 0 Å². The Morgan fingerprint density at radius 2 is 2.10 bits per heavy atom. The number of benzene rings is 1. The summed E-state index contributed by atoms with van der Waals surface area (Å²) in [5.74, 6) is 0.185. The lowest BCUT2D eigenvalue weighted by atomic mass is 9.96. The number of aromatic hydroxyl groups is 1. The molecule has 2 rings (SSSR count). The smallest absolute Gasteiger partial charge is 0.187 e. The molecule has 0 heterocycles. The fourth-order valence-electron chi connectivity index (χ4n) is 2.25. The number of hydrogen-bond donors (Lipinski definition) is 3. The average molecular weight is 356 g/mol. The van der Waals surface area contributed by atoms with Gasteiger partial charge in [0.05, 0.1) is 6.21 Å². The van der Waals surface area contributed by atoms with Gasteiger partial charge in [0.1, 0.15) is 5.75 Å². The molecule has 20 heavy (non-hydrogen) atoms. The van der Waals surface area contributed by atoms with Crippen molar-refractivity contribution in [3.8, 4) is 5.75 Å². The number of nitrogens with zero attached hydrogens (tertiary/aromatic N) is 1. The molecule has 4 nitrogen and oxygen atoms in total. The molecule has 6 heteroatoms. The molecule has 0 amide bonds. The third kappa shape index (κ3) is 4.76. The number of hydrazone groups is 1. The van der Waals surface area contributed by atoms with Crippen molar-refractivity contribution >= 4 is 39.5 Å². The first-order chi connectivity index (χ1) is 9.65. The third-order valence-electron chi connectivity index (χ3n) is 3.30. The summed E-state index contributed by atoms with van der Waals surface area (Å²) < 4.78 is 0.889. The fraction of sp³-hybridized carbons (Fsp3) is 0.429. The topological polar surface area (TPSA) is 56.7 Å². The molecular weight excluding hydrogens is 338 g/mol. The Morgan fingerprint density at radius 1 is 1.35 bits per heavy atom. The second-order valence-corrected chi connectivity index (χ2v) is 6.21. The molecule has 0 atom stereocenters. The minimum Gasteiger partial charge on any atom is -0.507 e. The molecule has 1 fully saturated rings. The van der Waals surface area contributed by atoms with E-state index in [1.54, 1.807) is 24.4 Å². The molecule has 1 aliphatic rings. The minimum absolute atomic E-state index is 0.185. The molecule has 0 bridgehead atoms. The SMILES string of the molecule is Oc1ccc(Br)cc1/C=N\NC(=S)NC1CCCCC1. The van der Waals surface area contributed by atoms with Crippen molar-refractivity contribution in [3.05, 3.63) is 28.2 Å². The molecule has 0 radical (unpaired) electrons. The van der Waals surface area contributed by atoms with Crippen molar-refractivity contribution in [2.24, 2.45) is 5.10 Å². The summed E-state index contributed by atoms with van der Waals surface area (Å²) >= 11 is 8.55. The lowest BCUT2D eigenvalue weighted by molar-refractivity contribution is 0.412. The normalized spacial score (nSPS) is 16.2. The van der Waals surface area contributed by atoms with E-state index in [0.717, 1.165) is 17.3 Å². The van der Waals surface area contributed by atoms with Gasteiger partial charge < -0.3 is 10.4 Å². The Bertz CT molecular complexity index is 501. The number of phenols is 1. The van der Waals surface area contributed by atoms with Crippen LogP contribution in [0.2, 0.25) is 0 Å². The highest BCUT2D eigenvalue weighted by atomic mass is 79.9. The number of halogens is 1. The van der Waals surface area contributed by atoms with Crippen LogP contribution in [0.15, 0.2) is 27.8 Å². The van der Waals surface area contributed by atoms with Crippen molar-refractivity contribution in [3.63, 3.8) is 0 Å². The first-order valence-corrected chi connectivity index (χ1v) is 7.93. The largest absolute Gasteiger partial charge is 0.507 e. The molecule has 1 aromatic rings. The zero-order valence-electron chi connectivity index (χ0n) is 11.1. The number of thiocarbonyl (C=S) groups is 1. The van der Waals surface area contributed by atoms with Gasteiger partial charge in [-0.2, -0.15) is 5.10 Å². The van der Waals surface area contributed by atoms with E-state index in [-0.39, 0.29) is 5.75 Å². The molecule has 1 aromatic carbocycles. The number of phenolic OH excluding ortho intramolecular Hbond substituents is 1. The van der Waals surface area contributed by atoms with Crippen molar-refractivity contribution < 1.29 is 5.11 Å². The molecule has 0 saturated heterocycles. The van der Waals surface area contributed by atoms with Gasteiger partial charge >= 0.3 is 0 Å². The van der Waals surface area contributed by atoms with E-state index >= 15 is 0 Å². The van der Waals surface area contributed by atoms with E-state index < -0.39 is 0 Å². The minimum atomic E-state index is 0.185. The number of nitrogens with one attached hydrogen (secondary N) is 2. The second kappa shape index (κ2) is 7.59. The van der Waals surface area contributed by atoms with Gasteiger partial charge in [0.15, 0.2) is 5.11 Å². The summed E-state index contributed by atoms with van der Waals surface area (Å²) in [5.41, 5.74) is 3.42. The molecule has 3 N–H and O–H groups in total. The van der Waals surface area contributed by atoms with Gasteiger partial charge in [-0.15, -0.1) is 0 Å². The van der Waals surface area contributed by atoms with Crippen LogP contribution in [0.25, 0.3) is 0 Å². The van der Waals surface area contributed by atoms with Crippen LogP contribution in [-0.4, -0.2) is 22.5 Å². The fourth-order valence-corrected chi connectivity index (χ4v) is 2.85. The zero-order valence-corrected chi connectivity index (χ0v) is 13.5. The number of rotatable bonds is 3. The van der Waals surface area contributed by atoms with Gasteiger partial charge in [-0.25, -0.2) is 0 Å². The molecule has 0 unspecified atom stereocenters. The molecule has 1 aliphatic carbocycles. The quantitative estimate of drug-likeness (QED) is 0.442. The Kier molecular flexibility index (Phi) is 5.79. The highest BCUT2D eigenvalue weighted by Gasteiger charge is 2.13. The maximum Gasteiger partial charge on any atom is 0.187 e. The van der Waals surface area contributed by atoms with Crippen LogP contribution >= 0.6 is 28.1 Å². The van der Waals surface area contributed by atoms with Crippen LogP contribution in [0.3, 0.4) is 0 Å². The van der Waals surface area contributed by atoms with Crippen molar-refractivity contribution in [1.82, 2.24) is 10.7 Å². The van der Waals surface area contributed by atoms with Gasteiger partial charge in [-0.1, -0.05) is 35.2 Å². The van der Waals surface area contributed by atoms with Gasteiger partial charge in [0.25, 0.3) is 0 Å². The number of hydrogen-bond acceptors (Lipinski definition) is 3. The van der Waals surface area contributed by atoms with E-state index in [0.29, 0.717) is 16.7 Å². The molecule has 108 valence electrons. The molecule has 0 aliphatic heterocycles. The molecule has 1 saturated carbocycles. The Balaban J connectivity index is 1.83. The monoisotopic (exact) mass is 355 g/mol. The summed E-state index contributed by atoms with van der Waals surface area (Å²) in [6, 6.07) is 5.63. The van der Waals surface area contributed by atoms with Gasteiger partial charge in [-0.05, 0) is 43.3 Å². The average Bonchev–Trinajstić information content (AvgIpc) is 2.44. The Morgan fingerprint density at radius 3 is 2.85 bits per heavy atom. The first-order valence-electron chi connectivity index (χ1n) is 6.73. The summed E-state index contributed by atoms with van der Waals surface area (Å²) in [4.78, 5) is 0. The van der Waals surface area contributed by atoms with Crippen LogP contribution in [0.4, 0.5) is 0 Å². The maximum atomic E-state index is 9.67. The van der Waals surface area contributed by atoms with Crippen molar-refractivity contribution in [2.45, 2.75) is 38.1 Å². The summed E-state index contributed by atoms with van der Waals surface area (Å²) in [7, 11) is 0. The molecule has 0 spiro atoms. The summed E-state index contributed by atoms with van der Waals surface area (Å²) in [6.07, 6.45) is 7.72. The Hall–Kier alpha value is -1.14. The standard InChI is InChI=1S/C14H18BrN3OS/c15-11-6-7-13(19)10(8-11)9-16-18-14(20)17-12-4-2-1-3-5-12/h6-9,12,19H,1-5H2,(H2,17,18,20)/b16-9-. The zero-order chi connectivity index (χ0) is 14.4. The summed E-state index contributed by atoms with van der Waals surface area (Å²) in [5, 5.41) is 17.5. The predicted molar refractivity (Wildman–Crippen MR) is 89.1 cm³/mol. The van der Waals surface area contributed by atoms with Crippen LogP contribution in [0.5, 0.6) is 5.75 Å². The highest BCUT2D eigenvalue weighted by Crippen LogP contribution is 2.20. The predicted octanol–water partition coefficient (Wildman–Crippen LogP) is 3.29. The van der Waals surface area contributed by atoms with Crippen LogP contribution in [0, 0.1) is 0 Å². The van der Waals surface area contributed by atoms with Gasteiger partial charge in [-0.3, -0.25) is 5.43 Å². The molecular formula is C14H18BrN3OS. The van der Waals surface area contributed by atoms with Crippen LogP contribution < -0.4 is 10.7 Å². The summed E-state index contributed by atoms with van der Waals surface area (Å²) in [6.45, 7) is 0. The lowest BCUT2D eigenvalue weighted by Crippen LogP contribution is -2.40. The van der Waals surface area contributed by atoms with Crippen LogP contribution in [0.1, 0.15) is 37.7 Å². The first kappa shape index (κ1) is 15.3. The maximum absolute atomic E-state index is 9.67. The van der Waals surface area contributed by atoms with Gasteiger partial charge in [0.2, 0.25) is 0 Å².